The molecular formula is C43H27N3OS. The van der Waals surface area contributed by atoms with Crippen LogP contribution in [0.4, 0.5) is 0 Å². The summed E-state index contributed by atoms with van der Waals surface area (Å²) in [6.45, 7) is 4.66. The molecule has 0 atom stereocenters. The third-order valence-corrected chi connectivity index (χ3v) is 11.6. The molecule has 5 heterocycles. The number of fused-ring (bicyclic) bond motifs is 11. The topological polar surface area (TPSA) is 43.9 Å². The molecule has 4 nitrogen and oxygen atoms in total. The van der Waals surface area contributed by atoms with Crippen LogP contribution in [0.15, 0.2) is 132 Å². The minimum absolute atomic E-state index is 0.255. The maximum atomic E-state index is 6.73. The Kier molecular flexibility index (Phi) is 5.03. The van der Waals surface area contributed by atoms with Gasteiger partial charge in [-0.25, -0.2) is 9.97 Å². The highest BCUT2D eigenvalue weighted by atomic mass is 32.1. The number of hydrogen-bond acceptors (Lipinski definition) is 4. The van der Waals surface area contributed by atoms with Gasteiger partial charge in [-0.15, -0.1) is 11.3 Å². The lowest BCUT2D eigenvalue weighted by atomic mass is 9.74. The van der Waals surface area contributed by atoms with Crippen molar-refractivity contribution in [3.05, 3.63) is 139 Å². The lowest BCUT2D eigenvalue weighted by Crippen LogP contribution is -2.26. The quantitative estimate of drug-likeness (QED) is 0.190. The van der Waals surface area contributed by atoms with E-state index in [0.29, 0.717) is 5.82 Å². The van der Waals surface area contributed by atoms with E-state index < -0.39 is 0 Å². The minimum atomic E-state index is -0.255. The SMILES string of the molecule is CC1(C)c2cccc(-c3nc(-c4cccc5c4sc4ccccc45)c4ccccc4n3)c2-n2c3oc4ccccc4c3c3cccc1c32. The zero-order valence-corrected chi connectivity index (χ0v) is 27.1. The van der Waals surface area contributed by atoms with Gasteiger partial charge in [0.25, 0.3) is 0 Å². The standard InChI is InChI=1S/C43H27N3OS/c1-43(2)31-19-10-16-28-36-27-14-4-7-22-34(27)47-42(36)46(38(28)31)39-30(18-11-20-32(39)43)41-44-33-21-6-3-13-26(33)37(45-41)29-17-9-15-25-24-12-5-8-23-35(24)48-40(25)29/h3-23H,1-2H3. The molecule has 0 aliphatic carbocycles. The molecule has 6 aromatic carbocycles. The number of hydrogen-bond donors (Lipinski definition) is 0. The fourth-order valence-corrected chi connectivity index (χ4v) is 9.42. The Morgan fingerprint density at radius 3 is 2.21 bits per heavy atom. The van der Waals surface area contributed by atoms with Crippen molar-refractivity contribution in [3.63, 3.8) is 0 Å². The Labute approximate surface area is 279 Å². The predicted octanol–water partition coefficient (Wildman–Crippen LogP) is 11.8. The molecule has 226 valence electrons. The third kappa shape index (κ3) is 3.29. The van der Waals surface area contributed by atoms with E-state index in [0.717, 1.165) is 55.5 Å². The largest absolute Gasteiger partial charge is 0.439 e. The molecular weight excluding hydrogens is 607 g/mol. The molecule has 0 fully saturated rings. The van der Waals surface area contributed by atoms with E-state index in [1.807, 2.05) is 17.4 Å². The summed E-state index contributed by atoms with van der Waals surface area (Å²) in [7, 11) is 0. The number of rotatable bonds is 2. The highest BCUT2D eigenvalue weighted by Gasteiger charge is 2.38. The second kappa shape index (κ2) is 9.18. The molecule has 0 bridgehead atoms. The smallest absolute Gasteiger partial charge is 0.213 e. The van der Waals surface area contributed by atoms with Crippen LogP contribution in [0.1, 0.15) is 25.0 Å². The molecule has 1 aliphatic rings. The summed E-state index contributed by atoms with van der Waals surface area (Å²) in [5, 5.41) is 7.07. The van der Waals surface area contributed by atoms with Gasteiger partial charge in [-0.2, -0.15) is 0 Å². The zero-order chi connectivity index (χ0) is 31.7. The molecule has 0 unspecified atom stereocenters. The highest BCUT2D eigenvalue weighted by Crippen LogP contribution is 2.51. The lowest BCUT2D eigenvalue weighted by molar-refractivity contribution is 0.612. The number of para-hydroxylation sites is 4. The van der Waals surface area contributed by atoms with E-state index >= 15 is 0 Å². The predicted molar refractivity (Wildman–Crippen MR) is 200 cm³/mol. The molecule has 0 spiro atoms. The molecule has 5 heteroatoms. The zero-order valence-electron chi connectivity index (χ0n) is 26.3. The van der Waals surface area contributed by atoms with Gasteiger partial charge in [-0.05, 0) is 35.4 Å². The van der Waals surface area contributed by atoms with Crippen molar-refractivity contribution >= 4 is 75.4 Å². The van der Waals surface area contributed by atoms with Crippen LogP contribution < -0.4 is 0 Å². The van der Waals surface area contributed by atoms with Crippen LogP contribution in [0.2, 0.25) is 0 Å². The van der Waals surface area contributed by atoms with Gasteiger partial charge in [0.1, 0.15) is 5.58 Å². The molecule has 4 aromatic heterocycles. The summed E-state index contributed by atoms with van der Waals surface area (Å²) in [6.07, 6.45) is 0. The summed E-state index contributed by atoms with van der Waals surface area (Å²) in [5.41, 5.74) is 10.3. The van der Waals surface area contributed by atoms with E-state index in [1.54, 1.807) is 0 Å². The Bertz CT molecular complexity index is 2990. The maximum absolute atomic E-state index is 6.73. The number of nitrogens with zero attached hydrogens (tertiary/aromatic N) is 3. The first-order valence-corrected chi connectivity index (χ1v) is 17.2. The molecule has 11 rings (SSSR count). The van der Waals surface area contributed by atoms with Crippen molar-refractivity contribution in [1.82, 2.24) is 14.5 Å². The number of benzene rings is 6. The van der Waals surface area contributed by atoms with Gasteiger partial charge < -0.3 is 4.42 Å². The van der Waals surface area contributed by atoms with E-state index in [9.17, 15) is 0 Å². The van der Waals surface area contributed by atoms with Gasteiger partial charge in [0, 0.05) is 52.9 Å². The summed E-state index contributed by atoms with van der Waals surface area (Å²) >= 11 is 1.83. The first-order chi connectivity index (χ1) is 23.6. The van der Waals surface area contributed by atoms with Crippen molar-refractivity contribution in [2.75, 3.05) is 0 Å². The van der Waals surface area contributed by atoms with E-state index in [2.05, 4.69) is 140 Å². The van der Waals surface area contributed by atoms with Crippen LogP contribution >= 0.6 is 11.3 Å². The number of furan rings is 1. The fraction of sp³-hybridized carbons (Fsp3) is 0.0698. The highest BCUT2D eigenvalue weighted by molar-refractivity contribution is 7.26. The van der Waals surface area contributed by atoms with E-state index in [-0.39, 0.29) is 5.41 Å². The van der Waals surface area contributed by atoms with Crippen LogP contribution in [0, 0.1) is 0 Å². The molecule has 0 saturated carbocycles. The van der Waals surface area contributed by atoms with Crippen molar-refractivity contribution < 1.29 is 4.42 Å². The summed E-state index contributed by atoms with van der Waals surface area (Å²) in [6, 6.07) is 45.3. The van der Waals surface area contributed by atoms with Crippen molar-refractivity contribution in [1.29, 1.82) is 0 Å². The molecule has 10 aromatic rings. The molecule has 0 amide bonds. The van der Waals surface area contributed by atoms with Gasteiger partial charge in [-0.1, -0.05) is 117 Å². The normalized spacial score (nSPS) is 13.8. The Balaban J connectivity index is 1.26. The summed E-state index contributed by atoms with van der Waals surface area (Å²) in [5.74, 6) is 0.708. The van der Waals surface area contributed by atoms with Crippen LogP contribution in [0.5, 0.6) is 0 Å². The molecule has 1 aliphatic heterocycles. The molecule has 0 N–H and O–H groups in total. The number of thiophene rings is 1. The average molecular weight is 634 g/mol. The van der Waals surface area contributed by atoms with E-state index in [4.69, 9.17) is 14.4 Å². The lowest BCUT2D eigenvalue weighted by Gasteiger charge is -2.35. The average Bonchev–Trinajstić information content (AvgIpc) is 3.79. The van der Waals surface area contributed by atoms with Gasteiger partial charge >= 0.3 is 0 Å². The number of aromatic nitrogens is 3. The molecule has 0 radical (unpaired) electrons. The Morgan fingerprint density at radius 1 is 0.604 bits per heavy atom. The maximum Gasteiger partial charge on any atom is 0.213 e. The summed E-state index contributed by atoms with van der Waals surface area (Å²) < 4.78 is 11.6. The van der Waals surface area contributed by atoms with Crippen molar-refractivity contribution in [2.45, 2.75) is 19.3 Å². The van der Waals surface area contributed by atoms with Crippen LogP contribution in [0.3, 0.4) is 0 Å². The van der Waals surface area contributed by atoms with Crippen LogP contribution in [0.25, 0.3) is 92.4 Å². The Hall–Kier alpha value is -5.78. The van der Waals surface area contributed by atoms with Gasteiger partial charge in [-0.3, -0.25) is 4.57 Å². The van der Waals surface area contributed by atoms with Crippen molar-refractivity contribution in [2.24, 2.45) is 0 Å². The first kappa shape index (κ1) is 26.3. The first-order valence-electron chi connectivity index (χ1n) is 16.3. The van der Waals surface area contributed by atoms with Gasteiger partial charge in [0.2, 0.25) is 5.71 Å². The van der Waals surface area contributed by atoms with E-state index in [1.165, 1.54) is 42.2 Å². The van der Waals surface area contributed by atoms with Crippen molar-refractivity contribution in [3.8, 4) is 28.3 Å². The molecule has 0 saturated heterocycles. The van der Waals surface area contributed by atoms with Crippen LogP contribution in [-0.4, -0.2) is 14.5 Å². The molecule has 48 heavy (non-hydrogen) atoms. The monoisotopic (exact) mass is 633 g/mol. The second-order valence-corrected chi connectivity index (χ2v) is 14.4. The Morgan fingerprint density at radius 2 is 1.29 bits per heavy atom. The minimum Gasteiger partial charge on any atom is -0.439 e. The second-order valence-electron chi connectivity index (χ2n) is 13.3. The van der Waals surface area contributed by atoms with Gasteiger partial charge in [0.15, 0.2) is 5.82 Å². The van der Waals surface area contributed by atoms with Crippen LogP contribution in [-0.2, 0) is 5.41 Å². The summed E-state index contributed by atoms with van der Waals surface area (Å²) in [4.78, 5) is 10.8. The fourth-order valence-electron chi connectivity index (χ4n) is 8.21. The van der Waals surface area contributed by atoms with Gasteiger partial charge in [0.05, 0.1) is 27.8 Å². The third-order valence-electron chi connectivity index (χ3n) is 10.4.